The van der Waals surface area contributed by atoms with Crippen LogP contribution in [0, 0.1) is 0 Å². The predicted octanol–water partition coefficient (Wildman–Crippen LogP) is 8.32. The van der Waals surface area contributed by atoms with Crippen molar-refractivity contribution in [2.24, 2.45) is 0 Å². The summed E-state index contributed by atoms with van der Waals surface area (Å²) in [6, 6.07) is 43.7. The topological polar surface area (TPSA) is 37.4 Å². The van der Waals surface area contributed by atoms with Crippen LogP contribution in [0.1, 0.15) is 47.8 Å². The van der Waals surface area contributed by atoms with Crippen LogP contribution in [0.25, 0.3) is 16.8 Å². The van der Waals surface area contributed by atoms with Crippen molar-refractivity contribution < 1.29 is 9.59 Å². The van der Waals surface area contributed by atoms with Crippen molar-refractivity contribution in [1.29, 1.82) is 0 Å². The quantitative estimate of drug-likeness (QED) is 0.118. The Balaban J connectivity index is 1.21. The molecule has 0 fully saturated rings. The van der Waals surface area contributed by atoms with E-state index in [1.807, 2.05) is 42.5 Å². The molecule has 1 aromatic heterocycles. The molecule has 4 heteroatoms. The first-order chi connectivity index (χ1) is 20.2. The van der Waals surface area contributed by atoms with Crippen LogP contribution in [-0.2, 0) is 0 Å². The van der Waals surface area contributed by atoms with E-state index in [2.05, 4.69) is 95.9 Å². The number of nitrogens with zero attached hydrogens (tertiary/aromatic N) is 1. The van der Waals surface area contributed by atoms with E-state index < -0.39 is 0 Å². The number of ketones is 2. The first-order valence-electron chi connectivity index (χ1n) is 13.6. The number of rotatable bonds is 3. The van der Waals surface area contributed by atoms with E-state index in [9.17, 15) is 9.59 Å². The van der Waals surface area contributed by atoms with Gasteiger partial charge in [-0.05, 0) is 0 Å². The Hall–Kier alpha value is -4.76. The zero-order valence-corrected chi connectivity index (χ0v) is 23.7. The fraction of sp³-hybridized carbons (Fsp3) is 0.0270. The molecule has 194 valence electrons. The SMILES string of the molecule is O=C1C(=Cc2ccc(N3c4ccccc4C(c4ccccc4)c4ccccc43)[se]2)C(=O)c2cc3ccccc3cc21. The molecule has 0 saturated heterocycles. The van der Waals surface area contributed by atoms with E-state index in [0.717, 1.165) is 15.2 Å². The molecule has 1 aliphatic carbocycles. The number of anilines is 3. The van der Waals surface area contributed by atoms with Crippen LogP contribution in [0.5, 0.6) is 0 Å². The van der Waals surface area contributed by atoms with Gasteiger partial charge >= 0.3 is 244 Å². The second kappa shape index (κ2) is 9.42. The molecule has 0 radical (unpaired) electrons. The summed E-state index contributed by atoms with van der Waals surface area (Å²) < 4.78 is 2.19. The molecule has 41 heavy (non-hydrogen) atoms. The van der Waals surface area contributed by atoms with Gasteiger partial charge in [0.1, 0.15) is 0 Å². The molecule has 0 N–H and O–H groups in total. The molecule has 8 rings (SSSR count). The van der Waals surface area contributed by atoms with Gasteiger partial charge in [0.25, 0.3) is 0 Å². The number of Topliss-reactive ketones (excluding diaryl/α,β-unsaturated/α-hetero) is 2. The zero-order chi connectivity index (χ0) is 27.5. The number of hydrogen-bond donors (Lipinski definition) is 0. The maximum atomic E-state index is 13.4. The minimum atomic E-state index is -0.180. The van der Waals surface area contributed by atoms with Gasteiger partial charge < -0.3 is 0 Å². The van der Waals surface area contributed by atoms with Crippen LogP contribution in [0.4, 0.5) is 15.9 Å². The van der Waals surface area contributed by atoms with Crippen molar-refractivity contribution in [2.75, 3.05) is 4.90 Å². The summed E-state index contributed by atoms with van der Waals surface area (Å²) in [7, 11) is 0. The Labute approximate surface area is 243 Å². The van der Waals surface area contributed by atoms with Crippen LogP contribution in [0.15, 0.2) is 133 Å². The minimum absolute atomic E-state index is 0.0904. The van der Waals surface area contributed by atoms with E-state index in [4.69, 9.17) is 0 Å². The molecule has 2 aliphatic rings. The van der Waals surface area contributed by atoms with Crippen molar-refractivity contribution in [3.05, 3.63) is 165 Å². The Morgan fingerprint density at radius 1 is 0.585 bits per heavy atom. The van der Waals surface area contributed by atoms with Crippen molar-refractivity contribution in [1.82, 2.24) is 0 Å². The van der Waals surface area contributed by atoms with Crippen LogP contribution in [0.2, 0.25) is 0 Å². The number of allylic oxidation sites excluding steroid dienone is 1. The average molecular weight is 593 g/mol. The summed E-state index contributed by atoms with van der Waals surface area (Å²) in [6.45, 7) is 0. The van der Waals surface area contributed by atoms with Gasteiger partial charge in [-0.15, -0.1) is 0 Å². The molecule has 3 nitrogen and oxygen atoms in total. The van der Waals surface area contributed by atoms with Crippen LogP contribution >= 0.6 is 0 Å². The molecule has 2 heterocycles. The number of carbonyl (C=O) groups is 2. The van der Waals surface area contributed by atoms with E-state index in [0.29, 0.717) is 11.1 Å². The molecule has 0 saturated carbocycles. The number of fused-ring (bicyclic) bond motifs is 4. The number of benzene rings is 5. The summed E-state index contributed by atoms with van der Waals surface area (Å²) in [6.07, 6.45) is 1.83. The second-order valence-corrected chi connectivity index (χ2v) is 12.7. The summed E-state index contributed by atoms with van der Waals surface area (Å²) in [5, 5.41) is 1.94. The van der Waals surface area contributed by atoms with Crippen molar-refractivity contribution in [3.8, 4) is 0 Å². The monoisotopic (exact) mass is 593 g/mol. The van der Waals surface area contributed by atoms with E-state index >= 15 is 0 Å². The molecular weight excluding hydrogens is 569 g/mol. The summed E-state index contributed by atoms with van der Waals surface area (Å²) >= 11 is -0.0904. The Morgan fingerprint density at radius 3 is 1.73 bits per heavy atom. The predicted molar refractivity (Wildman–Crippen MR) is 166 cm³/mol. The number of hydrogen-bond acceptors (Lipinski definition) is 3. The number of para-hydroxylation sites is 2. The van der Waals surface area contributed by atoms with Crippen molar-refractivity contribution in [2.45, 2.75) is 5.92 Å². The van der Waals surface area contributed by atoms with Crippen molar-refractivity contribution in [3.63, 3.8) is 0 Å². The van der Waals surface area contributed by atoms with Crippen LogP contribution in [0.3, 0.4) is 0 Å². The molecule has 0 atom stereocenters. The Bertz CT molecular complexity index is 1950. The first kappa shape index (κ1) is 24.1. The van der Waals surface area contributed by atoms with Gasteiger partial charge in [0.15, 0.2) is 0 Å². The van der Waals surface area contributed by atoms with Crippen LogP contribution in [-0.4, -0.2) is 26.1 Å². The molecular formula is C37H23NO2Se. The van der Waals surface area contributed by atoms with Gasteiger partial charge in [0, 0.05) is 0 Å². The third kappa shape index (κ3) is 3.80. The zero-order valence-electron chi connectivity index (χ0n) is 22.0. The molecule has 0 bridgehead atoms. The van der Waals surface area contributed by atoms with Gasteiger partial charge in [-0.2, -0.15) is 0 Å². The number of carbonyl (C=O) groups excluding carboxylic acids is 2. The fourth-order valence-corrected chi connectivity index (χ4v) is 8.29. The normalized spacial score (nSPS) is 14.2. The third-order valence-corrected chi connectivity index (χ3v) is 10.2. The molecule has 5 aromatic carbocycles. The van der Waals surface area contributed by atoms with E-state index in [1.54, 1.807) is 0 Å². The summed E-state index contributed by atoms with van der Waals surface area (Å²) in [5.41, 5.74) is 7.42. The molecule has 1 aliphatic heterocycles. The van der Waals surface area contributed by atoms with Gasteiger partial charge in [-0.25, -0.2) is 0 Å². The van der Waals surface area contributed by atoms with E-state index in [1.165, 1.54) is 32.6 Å². The fourth-order valence-electron chi connectivity index (χ4n) is 6.23. The molecule has 0 amide bonds. The van der Waals surface area contributed by atoms with Crippen molar-refractivity contribution >= 4 is 58.9 Å². The molecule has 0 spiro atoms. The van der Waals surface area contributed by atoms with Gasteiger partial charge in [-0.1, -0.05) is 0 Å². The Morgan fingerprint density at radius 2 is 1.12 bits per heavy atom. The Kier molecular flexibility index (Phi) is 5.53. The summed E-state index contributed by atoms with van der Waals surface area (Å²) in [4.78, 5) is 29.1. The van der Waals surface area contributed by atoms with Gasteiger partial charge in [0.05, 0.1) is 0 Å². The molecule has 6 aromatic rings. The molecule has 0 unspecified atom stereocenters. The summed E-state index contributed by atoms with van der Waals surface area (Å²) in [5.74, 6) is -0.216. The first-order valence-corrected chi connectivity index (χ1v) is 15.4. The average Bonchev–Trinajstić information content (AvgIpc) is 3.57. The van der Waals surface area contributed by atoms with Gasteiger partial charge in [-0.3, -0.25) is 0 Å². The maximum absolute atomic E-state index is 13.4. The second-order valence-electron chi connectivity index (χ2n) is 10.4. The third-order valence-electron chi connectivity index (χ3n) is 8.09. The standard InChI is InChI=1S/C37H23NO2Se/c39-36-29-20-24-12-4-5-13-25(24)21-30(29)37(40)31(36)22-26-18-19-34(41-26)38-32-16-8-6-14-27(32)35(23-10-2-1-3-11-23)28-15-7-9-17-33(28)38/h1-22,35H. The van der Waals surface area contributed by atoms with Gasteiger partial charge in [0.2, 0.25) is 0 Å². The van der Waals surface area contributed by atoms with Crippen LogP contribution < -0.4 is 4.90 Å². The van der Waals surface area contributed by atoms with E-state index in [-0.39, 0.29) is 37.6 Å².